The molecule has 0 rings (SSSR count). The molecule has 0 aliphatic rings. The Labute approximate surface area is 112 Å². The highest BCUT2D eigenvalue weighted by Gasteiger charge is 2.09. The van der Waals surface area contributed by atoms with Crippen molar-refractivity contribution in [3.8, 4) is 0 Å². The number of hydrogen-bond donors (Lipinski definition) is 0. The van der Waals surface area contributed by atoms with Crippen LogP contribution in [0.4, 0.5) is 0 Å². The van der Waals surface area contributed by atoms with Crippen molar-refractivity contribution in [2.75, 3.05) is 19.8 Å². The summed E-state index contributed by atoms with van der Waals surface area (Å²) in [5.74, 6) is -1.59. The van der Waals surface area contributed by atoms with E-state index >= 15 is 0 Å². The van der Waals surface area contributed by atoms with Gasteiger partial charge in [0.05, 0.1) is 12.8 Å². The first-order chi connectivity index (χ1) is 8.97. The Morgan fingerprint density at radius 1 is 1.00 bits per heavy atom. The SMILES string of the molecule is C=CCOC(=O)CCC(=O)OCCOC(=O)C(=C)C. The normalized spacial score (nSPS) is 9.32. The molecule has 0 radical (unpaired) electrons. The Morgan fingerprint density at radius 2 is 1.53 bits per heavy atom. The van der Waals surface area contributed by atoms with E-state index < -0.39 is 17.9 Å². The van der Waals surface area contributed by atoms with Crippen LogP contribution in [0.15, 0.2) is 24.8 Å². The maximum atomic E-state index is 11.2. The summed E-state index contributed by atoms with van der Waals surface area (Å²) in [5, 5.41) is 0. The van der Waals surface area contributed by atoms with Crippen LogP contribution in [0.25, 0.3) is 0 Å². The highest BCUT2D eigenvalue weighted by molar-refractivity contribution is 5.86. The maximum Gasteiger partial charge on any atom is 0.333 e. The largest absolute Gasteiger partial charge is 0.462 e. The molecule has 6 heteroatoms. The molecular weight excluding hydrogens is 252 g/mol. The van der Waals surface area contributed by atoms with Gasteiger partial charge in [-0.2, -0.15) is 0 Å². The van der Waals surface area contributed by atoms with E-state index in [9.17, 15) is 14.4 Å². The van der Waals surface area contributed by atoms with Crippen LogP contribution in [0.1, 0.15) is 19.8 Å². The number of carbonyl (C=O) groups is 3. The lowest BCUT2D eigenvalue weighted by molar-refractivity contribution is -0.152. The summed E-state index contributed by atoms with van der Waals surface area (Å²) in [6.07, 6.45) is 1.30. The van der Waals surface area contributed by atoms with Gasteiger partial charge >= 0.3 is 17.9 Å². The van der Waals surface area contributed by atoms with Crippen molar-refractivity contribution in [2.45, 2.75) is 19.8 Å². The van der Waals surface area contributed by atoms with Gasteiger partial charge in [-0.1, -0.05) is 19.2 Å². The fourth-order valence-corrected chi connectivity index (χ4v) is 0.913. The summed E-state index contributed by atoms with van der Waals surface area (Å²) in [7, 11) is 0. The molecule has 0 aromatic rings. The molecule has 106 valence electrons. The van der Waals surface area contributed by atoms with E-state index in [0.717, 1.165) is 0 Å². The van der Waals surface area contributed by atoms with E-state index in [2.05, 4.69) is 17.9 Å². The fraction of sp³-hybridized carbons (Fsp3) is 0.462. The fourth-order valence-electron chi connectivity index (χ4n) is 0.913. The van der Waals surface area contributed by atoms with Gasteiger partial charge in [0, 0.05) is 5.57 Å². The minimum Gasteiger partial charge on any atom is -0.462 e. The van der Waals surface area contributed by atoms with Gasteiger partial charge in [0.25, 0.3) is 0 Å². The first-order valence-corrected chi connectivity index (χ1v) is 5.72. The number of ether oxygens (including phenoxy) is 3. The number of carbonyl (C=O) groups excluding carboxylic acids is 3. The first-order valence-electron chi connectivity index (χ1n) is 5.72. The van der Waals surface area contributed by atoms with Gasteiger partial charge in [-0.3, -0.25) is 9.59 Å². The third kappa shape index (κ3) is 9.58. The molecular formula is C13H18O6. The van der Waals surface area contributed by atoms with E-state index in [-0.39, 0.29) is 38.2 Å². The van der Waals surface area contributed by atoms with Crippen molar-refractivity contribution in [2.24, 2.45) is 0 Å². The molecule has 0 fully saturated rings. The zero-order valence-electron chi connectivity index (χ0n) is 11.0. The molecule has 0 aromatic heterocycles. The molecule has 0 spiro atoms. The van der Waals surface area contributed by atoms with Gasteiger partial charge in [-0.05, 0) is 6.92 Å². The Bertz CT molecular complexity index is 358. The lowest BCUT2D eigenvalue weighted by Gasteiger charge is -2.06. The lowest BCUT2D eigenvalue weighted by atomic mass is 10.3. The Kier molecular flexibility index (Phi) is 8.78. The second-order valence-electron chi connectivity index (χ2n) is 3.61. The van der Waals surface area contributed by atoms with Crippen LogP contribution < -0.4 is 0 Å². The average Bonchev–Trinajstić information content (AvgIpc) is 2.38. The van der Waals surface area contributed by atoms with Crippen molar-refractivity contribution < 1.29 is 28.6 Å². The summed E-state index contributed by atoms with van der Waals surface area (Å²) >= 11 is 0. The average molecular weight is 270 g/mol. The van der Waals surface area contributed by atoms with Crippen LogP contribution in [0.2, 0.25) is 0 Å². The van der Waals surface area contributed by atoms with Gasteiger partial charge < -0.3 is 14.2 Å². The molecule has 0 aliphatic carbocycles. The molecule has 0 saturated heterocycles. The first kappa shape index (κ1) is 16.9. The molecule has 0 atom stereocenters. The number of hydrogen-bond acceptors (Lipinski definition) is 6. The summed E-state index contributed by atoms with van der Waals surface area (Å²) in [6, 6.07) is 0. The predicted molar refractivity (Wildman–Crippen MR) is 67.1 cm³/mol. The summed E-state index contributed by atoms with van der Waals surface area (Å²) in [6.45, 7) is 8.32. The molecule has 0 unspecified atom stereocenters. The van der Waals surface area contributed by atoms with E-state index in [1.807, 2.05) is 0 Å². The zero-order chi connectivity index (χ0) is 14.7. The molecule has 0 bridgehead atoms. The topological polar surface area (TPSA) is 78.9 Å². The molecule has 0 aliphatic heterocycles. The zero-order valence-corrected chi connectivity index (χ0v) is 11.0. The van der Waals surface area contributed by atoms with Gasteiger partial charge in [0.2, 0.25) is 0 Å². The molecule has 0 aromatic carbocycles. The summed E-state index contributed by atoms with van der Waals surface area (Å²) in [4.78, 5) is 33.2. The minimum atomic E-state index is -0.554. The summed E-state index contributed by atoms with van der Waals surface area (Å²) < 4.78 is 14.1. The number of esters is 3. The van der Waals surface area contributed by atoms with Gasteiger partial charge in [0.15, 0.2) is 0 Å². The van der Waals surface area contributed by atoms with Crippen molar-refractivity contribution in [3.63, 3.8) is 0 Å². The molecule has 0 saturated carbocycles. The predicted octanol–water partition coefficient (Wildman–Crippen LogP) is 1.16. The van der Waals surface area contributed by atoms with Crippen LogP contribution in [0.3, 0.4) is 0 Å². The monoisotopic (exact) mass is 270 g/mol. The minimum absolute atomic E-state index is 0.0433. The van der Waals surface area contributed by atoms with E-state index in [0.29, 0.717) is 0 Å². The van der Waals surface area contributed by atoms with Crippen LogP contribution >= 0.6 is 0 Å². The van der Waals surface area contributed by atoms with Gasteiger partial charge in [-0.25, -0.2) is 4.79 Å². The third-order valence-corrected chi connectivity index (χ3v) is 1.82. The van der Waals surface area contributed by atoms with Crippen molar-refractivity contribution in [3.05, 3.63) is 24.8 Å². The van der Waals surface area contributed by atoms with Crippen LogP contribution in [-0.2, 0) is 28.6 Å². The van der Waals surface area contributed by atoms with E-state index in [1.165, 1.54) is 13.0 Å². The quantitative estimate of drug-likeness (QED) is 0.206. The van der Waals surface area contributed by atoms with E-state index in [1.54, 1.807) is 0 Å². The second kappa shape index (κ2) is 9.87. The maximum absolute atomic E-state index is 11.2. The van der Waals surface area contributed by atoms with Crippen LogP contribution in [-0.4, -0.2) is 37.7 Å². The molecule has 19 heavy (non-hydrogen) atoms. The highest BCUT2D eigenvalue weighted by atomic mass is 16.6. The number of rotatable bonds is 9. The highest BCUT2D eigenvalue weighted by Crippen LogP contribution is 1.97. The third-order valence-electron chi connectivity index (χ3n) is 1.82. The lowest BCUT2D eigenvalue weighted by Crippen LogP contribution is -2.15. The summed E-state index contributed by atoms with van der Waals surface area (Å²) in [5.41, 5.74) is 0.274. The standard InChI is InChI=1S/C13H18O6/c1-4-7-17-11(14)5-6-12(15)18-8-9-19-13(16)10(2)3/h4H,1-2,5-9H2,3H3. The van der Waals surface area contributed by atoms with Gasteiger partial charge in [0.1, 0.15) is 19.8 Å². The molecule has 0 N–H and O–H groups in total. The Hall–Kier alpha value is -2.11. The second-order valence-corrected chi connectivity index (χ2v) is 3.61. The smallest absolute Gasteiger partial charge is 0.333 e. The van der Waals surface area contributed by atoms with Crippen LogP contribution in [0, 0.1) is 0 Å². The molecule has 0 amide bonds. The van der Waals surface area contributed by atoms with Crippen LogP contribution in [0.5, 0.6) is 0 Å². The van der Waals surface area contributed by atoms with Crippen molar-refractivity contribution in [1.29, 1.82) is 0 Å². The van der Waals surface area contributed by atoms with Gasteiger partial charge in [-0.15, -0.1) is 0 Å². The Morgan fingerprint density at radius 3 is 2.05 bits per heavy atom. The van der Waals surface area contributed by atoms with Crippen molar-refractivity contribution in [1.82, 2.24) is 0 Å². The molecule has 0 heterocycles. The van der Waals surface area contributed by atoms with Crippen molar-refractivity contribution >= 4 is 17.9 Å². The van der Waals surface area contributed by atoms with E-state index in [4.69, 9.17) is 9.47 Å². The Balaban J connectivity index is 3.59. The molecule has 6 nitrogen and oxygen atoms in total.